The van der Waals surface area contributed by atoms with E-state index in [9.17, 15) is 14.9 Å². The Bertz CT molecular complexity index is 1490. The van der Waals surface area contributed by atoms with E-state index in [1.165, 1.54) is 29.8 Å². The van der Waals surface area contributed by atoms with E-state index in [-0.39, 0.29) is 29.5 Å². The van der Waals surface area contributed by atoms with Crippen molar-refractivity contribution in [2.24, 2.45) is 0 Å². The van der Waals surface area contributed by atoms with Crippen LogP contribution in [0, 0.1) is 30.9 Å². The lowest BCUT2D eigenvalue weighted by molar-refractivity contribution is -0.384. The summed E-state index contributed by atoms with van der Waals surface area (Å²) in [6.07, 6.45) is 1.06. The zero-order valence-electron chi connectivity index (χ0n) is 22.7. The molecule has 8 nitrogen and oxygen atoms in total. The van der Waals surface area contributed by atoms with Crippen LogP contribution < -0.4 is 14.8 Å². The second kappa shape index (κ2) is 11.9. The summed E-state index contributed by atoms with van der Waals surface area (Å²) in [6, 6.07) is 19.2. The van der Waals surface area contributed by atoms with Gasteiger partial charge in [0.2, 0.25) is 0 Å². The SMILES string of the molecule is CCC(C)c1ccc(OCc2ccc(C(=O)Nc3cc(Oc4cc(C)cc(C)c4C)cc([N+](=O)[O-])c3)o2)cc1. The van der Waals surface area contributed by atoms with Crippen molar-refractivity contribution in [2.45, 2.75) is 53.6 Å². The molecular formula is C31H32N2O6. The lowest BCUT2D eigenvalue weighted by Gasteiger charge is -2.13. The second-order valence-electron chi connectivity index (χ2n) is 9.67. The number of anilines is 1. The van der Waals surface area contributed by atoms with Crippen LogP contribution in [0.3, 0.4) is 0 Å². The molecule has 0 radical (unpaired) electrons. The third-order valence-corrected chi connectivity index (χ3v) is 6.68. The fraction of sp³-hybridized carbons (Fsp3) is 0.258. The number of nitro benzene ring substituents is 1. The van der Waals surface area contributed by atoms with Crippen molar-refractivity contribution in [1.29, 1.82) is 0 Å². The smallest absolute Gasteiger partial charge is 0.291 e. The molecule has 202 valence electrons. The number of aryl methyl sites for hydroxylation is 2. The van der Waals surface area contributed by atoms with Crippen LogP contribution in [0.4, 0.5) is 11.4 Å². The molecule has 1 N–H and O–H groups in total. The van der Waals surface area contributed by atoms with Crippen LogP contribution in [0.5, 0.6) is 17.2 Å². The zero-order valence-corrected chi connectivity index (χ0v) is 22.7. The Labute approximate surface area is 227 Å². The molecule has 0 saturated heterocycles. The molecule has 0 aliphatic rings. The summed E-state index contributed by atoms with van der Waals surface area (Å²) < 4.78 is 17.5. The molecule has 0 spiro atoms. The van der Waals surface area contributed by atoms with Gasteiger partial charge in [-0.2, -0.15) is 0 Å². The standard InChI is InChI=1S/C31H32N2O6/c1-6-20(3)23-7-9-26(10-8-23)37-18-27-11-12-29(38-27)31(34)32-24-15-25(33(35)36)17-28(16-24)39-30-14-19(2)13-21(4)22(30)5/h7-17,20H,6,18H2,1-5H3,(H,32,34). The van der Waals surface area contributed by atoms with Gasteiger partial charge in [-0.1, -0.05) is 32.0 Å². The van der Waals surface area contributed by atoms with Gasteiger partial charge in [-0.25, -0.2) is 0 Å². The Morgan fingerprint density at radius 1 is 1.00 bits per heavy atom. The number of amides is 1. The molecule has 0 bridgehead atoms. The summed E-state index contributed by atoms with van der Waals surface area (Å²) in [6.45, 7) is 10.3. The molecule has 0 fully saturated rings. The van der Waals surface area contributed by atoms with E-state index in [2.05, 4.69) is 19.2 Å². The predicted molar refractivity (Wildman–Crippen MR) is 150 cm³/mol. The summed E-state index contributed by atoms with van der Waals surface area (Å²) >= 11 is 0. The third-order valence-electron chi connectivity index (χ3n) is 6.68. The lowest BCUT2D eigenvalue weighted by atomic mass is 9.99. The number of nitro groups is 1. The molecule has 4 aromatic rings. The molecule has 1 unspecified atom stereocenters. The van der Waals surface area contributed by atoms with Crippen molar-refractivity contribution in [1.82, 2.24) is 0 Å². The number of furan rings is 1. The molecule has 39 heavy (non-hydrogen) atoms. The molecule has 0 aliphatic carbocycles. The zero-order chi connectivity index (χ0) is 28.1. The van der Waals surface area contributed by atoms with E-state index < -0.39 is 10.8 Å². The molecule has 3 aromatic carbocycles. The number of hydrogen-bond acceptors (Lipinski definition) is 6. The molecule has 4 rings (SSSR count). The lowest BCUT2D eigenvalue weighted by Crippen LogP contribution is -2.11. The summed E-state index contributed by atoms with van der Waals surface area (Å²) in [5.41, 5.74) is 4.23. The largest absolute Gasteiger partial charge is 0.486 e. The van der Waals surface area contributed by atoms with Crippen molar-refractivity contribution in [3.05, 3.63) is 111 Å². The minimum atomic E-state index is -0.548. The summed E-state index contributed by atoms with van der Waals surface area (Å²) in [5, 5.41) is 14.2. The molecule has 1 aromatic heterocycles. The Balaban J connectivity index is 1.45. The fourth-order valence-electron chi connectivity index (χ4n) is 4.11. The van der Waals surface area contributed by atoms with E-state index in [1.807, 2.05) is 57.2 Å². The molecule has 8 heteroatoms. The van der Waals surface area contributed by atoms with Crippen molar-refractivity contribution in [3.63, 3.8) is 0 Å². The van der Waals surface area contributed by atoms with Gasteiger partial charge in [0.15, 0.2) is 5.76 Å². The van der Waals surface area contributed by atoms with Crippen LogP contribution in [-0.2, 0) is 6.61 Å². The topological polar surface area (TPSA) is 104 Å². The van der Waals surface area contributed by atoms with Gasteiger partial charge < -0.3 is 19.2 Å². The van der Waals surface area contributed by atoms with Gasteiger partial charge in [0.05, 0.1) is 16.7 Å². The maximum absolute atomic E-state index is 12.9. The van der Waals surface area contributed by atoms with E-state index >= 15 is 0 Å². The number of nitrogens with one attached hydrogen (secondary N) is 1. The van der Waals surface area contributed by atoms with Crippen LogP contribution in [-0.4, -0.2) is 10.8 Å². The Hall–Kier alpha value is -4.59. The van der Waals surface area contributed by atoms with Gasteiger partial charge in [-0.05, 0) is 85.7 Å². The maximum Gasteiger partial charge on any atom is 0.291 e. The first kappa shape index (κ1) is 27.4. The first-order chi connectivity index (χ1) is 18.6. The molecule has 0 aliphatic heterocycles. The molecule has 1 atom stereocenters. The predicted octanol–water partition coefficient (Wildman–Crippen LogP) is 8.25. The number of rotatable bonds is 10. The Morgan fingerprint density at radius 2 is 1.74 bits per heavy atom. The highest BCUT2D eigenvalue weighted by atomic mass is 16.6. The highest BCUT2D eigenvalue weighted by molar-refractivity contribution is 6.02. The molecular weight excluding hydrogens is 496 g/mol. The van der Waals surface area contributed by atoms with Gasteiger partial charge in [0.1, 0.15) is 29.6 Å². The van der Waals surface area contributed by atoms with Crippen LogP contribution >= 0.6 is 0 Å². The van der Waals surface area contributed by atoms with Crippen molar-refractivity contribution >= 4 is 17.3 Å². The fourth-order valence-corrected chi connectivity index (χ4v) is 4.11. The molecule has 1 heterocycles. The Morgan fingerprint density at radius 3 is 2.44 bits per heavy atom. The summed E-state index contributed by atoms with van der Waals surface area (Å²) in [7, 11) is 0. The Kier molecular flexibility index (Phi) is 8.34. The number of carbonyl (C=O) groups excluding carboxylic acids is 1. The van der Waals surface area contributed by atoms with Gasteiger partial charge >= 0.3 is 0 Å². The quantitative estimate of drug-likeness (QED) is 0.164. The second-order valence-corrected chi connectivity index (χ2v) is 9.67. The summed E-state index contributed by atoms with van der Waals surface area (Å²) in [5.74, 6) is 1.99. The molecule has 1 amide bonds. The van der Waals surface area contributed by atoms with Crippen molar-refractivity contribution < 1.29 is 23.6 Å². The van der Waals surface area contributed by atoms with E-state index in [0.717, 1.165) is 23.1 Å². The first-order valence-electron chi connectivity index (χ1n) is 12.8. The minimum Gasteiger partial charge on any atom is -0.486 e. The average Bonchev–Trinajstić information content (AvgIpc) is 3.39. The molecule has 0 saturated carbocycles. The number of nitrogens with zero attached hydrogens (tertiary/aromatic N) is 1. The normalized spacial score (nSPS) is 11.6. The van der Waals surface area contributed by atoms with Gasteiger partial charge in [-0.3, -0.25) is 14.9 Å². The first-order valence-corrected chi connectivity index (χ1v) is 12.8. The monoisotopic (exact) mass is 528 g/mol. The number of carbonyl (C=O) groups is 1. The number of non-ortho nitro benzene ring substituents is 1. The van der Waals surface area contributed by atoms with Crippen LogP contribution in [0.15, 0.2) is 71.1 Å². The minimum absolute atomic E-state index is 0.0554. The van der Waals surface area contributed by atoms with Crippen molar-refractivity contribution in [2.75, 3.05) is 5.32 Å². The van der Waals surface area contributed by atoms with Crippen LogP contribution in [0.2, 0.25) is 0 Å². The number of hydrogen-bond donors (Lipinski definition) is 1. The maximum atomic E-state index is 12.9. The highest BCUT2D eigenvalue weighted by Crippen LogP contribution is 2.33. The summed E-state index contributed by atoms with van der Waals surface area (Å²) in [4.78, 5) is 23.9. The number of benzene rings is 3. The third kappa shape index (κ3) is 6.84. The van der Waals surface area contributed by atoms with E-state index in [1.54, 1.807) is 6.07 Å². The average molecular weight is 529 g/mol. The van der Waals surface area contributed by atoms with Crippen LogP contribution in [0.25, 0.3) is 0 Å². The van der Waals surface area contributed by atoms with Gasteiger partial charge in [0.25, 0.3) is 11.6 Å². The highest BCUT2D eigenvalue weighted by Gasteiger charge is 2.17. The van der Waals surface area contributed by atoms with Crippen molar-refractivity contribution in [3.8, 4) is 17.2 Å². The van der Waals surface area contributed by atoms with E-state index in [0.29, 0.717) is 23.2 Å². The van der Waals surface area contributed by atoms with Gasteiger partial charge in [-0.15, -0.1) is 0 Å². The number of ether oxygens (including phenoxy) is 2. The van der Waals surface area contributed by atoms with Gasteiger partial charge in [0, 0.05) is 12.1 Å². The van der Waals surface area contributed by atoms with Crippen LogP contribution in [0.1, 0.15) is 64.8 Å². The van der Waals surface area contributed by atoms with E-state index in [4.69, 9.17) is 13.9 Å².